The molecule has 3 aliphatic rings. The van der Waals surface area contributed by atoms with E-state index in [9.17, 15) is 17.6 Å². The van der Waals surface area contributed by atoms with Crippen molar-refractivity contribution >= 4 is 0 Å². The average Bonchev–Trinajstić information content (AvgIpc) is 2.96. The van der Waals surface area contributed by atoms with E-state index in [1.165, 1.54) is 6.07 Å². The Kier molecular flexibility index (Phi) is 4.29. The van der Waals surface area contributed by atoms with E-state index < -0.39 is 17.6 Å². The van der Waals surface area contributed by atoms with Crippen LogP contribution in [0.1, 0.15) is 11.1 Å². The van der Waals surface area contributed by atoms with E-state index in [-0.39, 0.29) is 0 Å². The van der Waals surface area contributed by atoms with E-state index in [0.717, 1.165) is 56.7 Å². The molecule has 0 bridgehead atoms. The van der Waals surface area contributed by atoms with Gasteiger partial charge in [-0.25, -0.2) is 4.39 Å². The SMILES string of the molecule is CN1CC(N2CC3C(CNCc4ccc(F)c(C(F)(F)F)c4)C3C2)C1. The molecule has 1 aromatic carbocycles. The Morgan fingerprint density at radius 1 is 1.12 bits per heavy atom. The van der Waals surface area contributed by atoms with Crippen LogP contribution in [0.5, 0.6) is 0 Å². The molecule has 2 aliphatic heterocycles. The number of nitrogens with one attached hydrogen (secondary N) is 1. The van der Waals surface area contributed by atoms with E-state index in [4.69, 9.17) is 0 Å². The van der Waals surface area contributed by atoms with Gasteiger partial charge in [-0.3, -0.25) is 4.90 Å². The van der Waals surface area contributed by atoms with E-state index in [1.54, 1.807) is 0 Å². The highest BCUT2D eigenvalue weighted by molar-refractivity contribution is 5.27. The molecule has 0 amide bonds. The molecule has 3 fully saturated rings. The maximum absolute atomic E-state index is 13.3. The summed E-state index contributed by atoms with van der Waals surface area (Å²) in [6.07, 6.45) is -4.65. The highest BCUT2D eigenvalue weighted by atomic mass is 19.4. The maximum Gasteiger partial charge on any atom is 0.419 e. The maximum atomic E-state index is 13.3. The summed E-state index contributed by atoms with van der Waals surface area (Å²) in [5, 5.41) is 3.25. The lowest BCUT2D eigenvalue weighted by molar-refractivity contribution is -0.140. The second-order valence-electron chi connectivity index (χ2n) is 7.76. The van der Waals surface area contributed by atoms with Crippen LogP contribution in [0, 0.1) is 23.6 Å². The molecule has 1 N–H and O–H groups in total. The summed E-state index contributed by atoms with van der Waals surface area (Å²) < 4.78 is 51.5. The quantitative estimate of drug-likeness (QED) is 0.817. The summed E-state index contributed by atoms with van der Waals surface area (Å²) >= 11 is 0. The zero-order valence-electron chi connectivity index (χ0n) is 14.2. The van der Waals surface area contributed by atoms with Crippen molar-refractivity contribution in [1.82, 2.24) is 15.1 Å². The molecule has 0 aromatic heterocycles. The van der Waals surface area contributed by atoms with Crippen molar-refractivity contribution in [3.05, 3.63) is 35.1 Å². The van der Waals surface area contributed by atoms with Crippen LogP contribution < -0.4 is 5.32 Å². The van der Waals surface area contributed by atoms with Crippen molar-refractivity contribution in [2.75, 3.05) is 39.8 Å². The summed E-state index contributed by atoms with van der Waals surface area (Å²) in [5.41, 5.74) is -0.713. The highest BCUT2D eigenvalue weighted by Crippen LogP contribution is 2.52. The van der Waals surface area contributed by atoms with Crippen LogP contribution >= 0.6 is 0 Å². The third kappa shape index (κ3) is 3.41. The van der Waals surface area contributed by atoms with Crippen molar-refractivity contribution in [3.63, 3.8) is 0 Å². The number of fused-ring (bicyclic) bond motifs is 1. The summed E-state index contributed by atoms with van der Waals surface area (Å²) in [5.74, 6) is 0.890. The van der Waals surface area contributed by atoms with Gasteiger partial charge in [0.05, 0.1) is 5.56 Å². The van der Waals surface area contributed by atoms with Gasteiger partial charge in [0.2, 0.25) is 0 Å². The van der Waals surface area contributed by atoms with Gasteiger partial charge in [0.1, 0.15) is 5.82 Å². The molecule has 2 saturated heterocycles. The van der Waals surface area contributed by atoms with Crippen molar-refractivity contribution in [1.29, 1.82) is 0 Å². The van der Waals surface area contributed by atoms with Crippen molar-refractivity contribution < 1.29 is 17.6 Å². The van der Waals surface area contributed by atoms with Crippen LogP contribution in [0.15, 0.2) is 18.2 Å². The fraction of sp³-hybridized carbons (Fsp3) is 0.667. The van der Waals surface area contributed by atoms with Gasteiger partial charge in [0.25, 0.3) is 0 Å². The van der Waals surface area contributed by atoms with Crippen molar-refractivity contribution in [2.24, 2.45) is 17.8 Å². The van der Waals surface area contributed by atoms with E-state index in [2.05, 4.69) is 22.2 Å². The molecule has 2 heterocycles. The minimum absolute atomic E-state index is 0.344. The molecule has 3 nitrogen and oxygen atoms in total. The molecular weight excluding hydrogens is 334 g/mol. The largest absolute Gasteiger partial charge is 0.419 e. The topological polar surface area (TPSA) is 18.5 Å². The Morgan fingerprint density at radius 3 is 2.40 bits per heavy atom. The van der Waals surface area contributed by atoms with Gasteiger partial charge in [0, 0.05) is 38.8 Å². The van der Waals surface area contributed by atoms with Gasteiger partial charge < -0.3 is 10.2 Å². The second-order valence-corrected chi connectivity index (χ2v) is 7.76. The normalized spacial score (nSPS) is 30.4. The first kappa shape index (κ1) is 17.2. The first-order valence-corrected chi connectivity index (χ1v) is 8.82. The van der Waals surface area contributed by atoms with Crippen LogP contribution in [0.4, 0.5) is 17.6 Å². The smallest absolute Gasteiger partial charge is 0.312 e. The summed E-state index contributed by atoms with van der Waals surface area (Å²) in [6, 6.07) is 3.94. The number of benzene rings is 1. The van der Waals surface area contributed by atoms with Gasteiger partial charge >= 0.3 is 6.18 Å². The highest BCUT2D eigenvalue weighted by Gasteiger charge is 2.56. The van der Waals surface area contributed by atoms with E-state index in [1.807, 2.05) is 0 Å². The van der Waals surface area contributed by atoms with Crippen LogP contribution in [-0.4, -0.2) is 55.6 Å². The molecule has 1 aromatic rings. The van der Waals surface area contributed by atoms with Crippen LogP contribution in [0.3, 0.4) is 0 Å². The second kappa shape index (κ2) is 6.21. The number of halogens is 4. The Bertz CT molecular complexity index is 630. The standard InChI is InChI=1S/C18H23F4N3/c1-24-7-12(8-24)25-9-14-13(15(14)10-25)6-23-5-11-2-3-17(19)16(4-11)18(20,21)22/h2-4,12-15,23H,5-10H2,1H3. The van der Waals surface area contributed by atoms with E-state index in [0.29, 0.717) is 24.1 Å². The molecule has 0 spiro atoms. The Labute approximate surface area is 145 Å². The van der Waals surface area contributed by atoms with Crippen LogP contribution in [0.25, 0.3) is 0 Å². The Hall–Kier alpha value is -1.18. The number of rotatable bonds is 5. The zero-order chi connectivity index (χ0) is 17.8. The Morgan fingerprint density at radius 2 is 1.80 bits per heavy atom. The monoisotopic (exact) mass is 357 g/mol. The van der Waals surface area contributed by atoms with Gasteiger partial charge in [0.15, 0.2) is 0 Å². The minimum atomic E-state index is -4.65. The third-order valence-corrected chi connectivity index (χ3v) is 6.01. The molecule has 138 valence electrons. The molecular formula is C18H23F4N3. The number of nitrogens with zero attached hydrogens (tertiary/aromatic N) is 2. The van der Waals surface area contributed by atoms with Gasteiger partial charge in [-0.1, -0.05) is 6.07 Å². The minimum Gasteiger partial charge on any atom is -0.312 e. The van der Waals surface area contributed by atoms with Gasteiger partial charge in [-0.05, 0) is 49.0 Å². The number of likely N-dealkylation sites (tertiary alicyclic amines) is 2. The number of likely N-dealkylation sites (N-methyl/N-ethyl adjacent to an activating group) is 1. The average molecular weight is 357 g/mol. The number of hydrogen-bond acceptors (Lipinski definition) is 3. The number of piperidine rings is 1. The van der Waals surface area contributed by atoms with Crippen LogP contribution in [0.2, 0.25) is 0 Å². The summed E-state index contributed by atoms with van der Waals surface area (Å²) in [4.78, 5) is 4.91. The molecule has 25 heavy (non-hydrogen) atoms. The lowest BCUT2D eigenvalue weighted by Gasteiger charge is -2.42. The molecule has 7 heteroatoms. The van der Waals surface area contributed by atoms with Crippen molar-refractivity contribution in [2.45, 2.75) is 18.8 Å². The molecule has 4 rings (SSSR count). The zero-order valence-corrected chi connectivity index (χ0v) is 14.2. The van der Waals surface area contributed by atoms with E-state index >= 15 is 0 Å². The molecule has 2 atom stereocenters. The predicted octanol–water partition coefficient (Wildman–Crippen LogP) is 2.43. The van der Waals surface area contributed by atoms with Gasteiger partial charge in [-0.2, -0.15) is 13.2 Å². The number of alkyl halides is 3. The van der Waals surface area contributed by atoms with Crippen molar-refractivity contribution in [3.8, 4) is 0 Å². The third-order valence-electron chi connectivity index (χ3n) is 6.01. The number of hydrogen-bond donors (Lipinski definition) is 1. The molecule has 0 radical (unpaired) electrons. The first-order chi connectivity index (χ1) is 11.8. The van der Waals surface area contributed by atoms with Gasteiger partial charge in [-0.15, -0.1) is 0 Å². The summed E-state index contributed by atoms with van der Waals surface area (Å²) in [7, 11) is 2.14. The van der Waals surface area contributed by atoms with Crippen LogP contribution in [-0.2, 0) is 12.7 Å². The predicted molar refractivity (Wildman–Crippen MR) is 86.4 cm³/mol. The first-order valence-electron chi connectivity index (χ1n) is 8.82. The Balaban J connectivity index is 1.23. The fourth-order valence-electron chi connectivity index (χ4n) is 4.46. The lowest BCUT2D eigenvalue weighted by atomic mass is 10.1. The lowest BCUT2D eigenvalue weighted by Crippen LogP contribution is -2.57. The molecule has 2 unspecified atom stereocenters. The molecule has 1 aliphatic carbocycles. The fourth-order valence-corrected chi connectivity index (χ4v) is 4.46. The summed E-state index contributed by atoms with van der Waals surface area (Å²) in [6.45, 7) is 5.81. The molecule has 1 saturated carbocycles.